The van der Waals surface area contributed by atoms with E-state index in [2.05, 4.69) is 4.98 Å². The van der Waals surface area contributed by atoms with Crippen LogP contribution < -0.4 is 5.69 Å². The van der Waals surface area contributed by atoms with Crippen LogP contribution in [0.5, 0.6) is 0 Å². The molecule has 1 rings (SSSR count). The molecule has 0 unspecified atom stereocenters. The van der Waals surface area contributed by atoms with Gasteiger partial charge in [0.05, 0.1) is 6.61 Å². The second-order valence-corrected chi connectivity index (χ2v) is 4.15. The summed E-state index contributed by atoms with van der Waals surface area (Å²) in [6.07, 6.45) is 3.57. The van der Waals surface area contributed by atoms with Crippen LogP contribution in [0.3, 0.4) is 0 Å². The lowest BCUT2D eigenvalue weighted by molar-refractivity contribution is -0.149. The van der Waals surface area contributed by atoms with E-state index in [1.165, 1.54) is 21.9 Å². The van der Waals surface area contributed by atoms with E-state index in [-0.39, 0.29) is 25.6 Å². The van der Waals surface area contributed by atoms with Crippen molar-refractivity contribution >= 4 is 11.9 Å². The molecule has 1 aromatic rings. The highest BCUT2D eigenvalue weighted by atomic mass is 16.5. The summed E-state index contributed by atoms with van der Waals surface area (Å²) in [6, 6.07) is 1.57. The van der Waals surface area contributed by atoms with Crippen molar-refractivity contribution in [2.24, 2.45) is 0 Å². The van der Waals surface area contributed by atoms with Crippen molar-refractivity contribution in [3.05, 3.63) is 28.9 Å². The second-order valence-electron chi connectivity index (χ2n) is 4.15. The molecule has 1 amide bonds. The van der Waals surface area contributed by atoms with Crippen LogP contribution in [0.1, 0.15) is 20.3 Å². The third-order valence-electron chi connectivity index (χ3n) is 2.56. The average molecular weight is 281 g/mol. The first-order valence-electron chi connectivity index (χ1n) is 6.53. The molecule has 0 fully saturated rings. The van der Waals surface area contributed by atoms with Crippen molar-refractivity contribution in [3.8, 4) is 0 Å². The van der Waals surface area contributed by atoms with Gasteiger partial charge in [-0.05, 0) is 19.4 Å². The van der Waals surface area contributed by atoms with Gasteiger partial charge in [-0.15, -0.1) is 0 Å². The van der Waals surface area contributed by atoms with Crippen molar-refractivity contribution in [2.75, 3.05) is 19.7 Å². The van der Waals surface area contributed by atoms with Crippen LogP contribution in [-0.4, -0.2) is 46.0 Å². The fourth-order valence-electron chi connectivity index (χ4n) is 1.68. The summed E-state index contributed by atoms with van der Waals surface area (Å²) in [6.45, 7) is 4.09. The number of carbonyl (C=O) groups excluding carboxylic acids is 2. The maximum absolute atomic E-state index is 12.1. The molecule has 0 N–H and O–H groups in total. The summed E-state index contributed by atoms with van der Waals surface area (Å²) in [5, 5.41) is 0. The summed E-state index contributed by atoms with van der Waals surface area (Å²) in [5.74, 6) is -0.761. The molecule has 0 saturated heterocycles. The minimum Gasteiger partial charge on any atom is -0.465 e. The third-order valence-corrected chi connectivity index (χ3v) is 2.56. The Morgan fingerprint density at radius 3 is 2.75 bits per heavy atom. The number of carbonyl (C=O) groups is 2. The van der Waals surface area contributed by atoms with E-state index in [1.54, 1.807) is 13.0 Å². The van der Waals surface area contributed by atoms with Gasteiger partial charge in [0.25, 0.3) is 0 Å². The number of ether oxygens (including phenoxy) is 1. The van der Waals surface area contributed by atoms with Crippen LogP contribution in [0.25, 0.3) is 0 Å². The summed E-state index contributed by atoms with van der Waals surface area (Å²) >= 11 is 0. The van der Waals surface area contributed by atoms with E-state index in [1.807, 2.05) is 6.92 Å². The molecule has 0 aliphatic rings. The number of nitrogens with zero attached hydrogens (tertiary/aromatic N) is 3. The molecule has 1 heterocycles. The molecule has 0 bridgehead atoms. The van der Waals surface area contributed by atoms with Gasteiger partial charge in [-0.1, -0.05) is 6.92 Å². The van der Waals surface area contributed by atoms with Gasteiger partial charge < -0.3 is 9.64 Å². The van der Waals surface area contributed by atoms with E-state index in [0.29, 0.717) is 13.0 Å². The fraction of sp³-hybridized carbons (Fsp3) is 0.538. The molecule has 0 aliphatic heterocycles. The van der Waals surface area contributed by atoms with Gasteiger partial charge in [0, 0.05) is 18.9 Å². The number of hydrogen-bond donors (Lipinski definition) is 0. The largest absolute Gasteiger partial charge is 0.465 e. The molecule has 7 heteroatoms. The van der Waals surface area contributed by atoms with Gasteiger partial charge in [0.15, 0.2) is 0 Å². The van der Waals surface area contributed by atoms with Crippen molar-refractivity contribution in [2.45, 2.75) is 26.8 Å². The summed E-state index contributed by atoms with van der Waals surface area (Å²) in [7, 11) is 0. The molecule has 0 spiro atoms. The number of esters is 1. The summed E-state index contributed by atoms with van der Waals surface area (Å²) < 4.78 is 6.03. The molecule has 7 nitrogen and oxygen atoms in total. The zero-order valence-corrected chi connectivity index (χ0v) is 11.7. The monoisotopic (exact) mass is 281 g/mol. The molecule has 0 aromatic carbocycles. The highest BCUT2D eigenvalue weighted by Crippen LogP contribution is 1.97. The predicted molar refractivity (Wildman–Crippen MR) is 72.0 cm³/mol. The minimum absolute atomic E-state index is 0.102. The molecule has 110 valence electrons. The molecular weight excluding hydrogens is 262 g/mol. The van der Waals surface area contributed by atoms with E-state index in [9.17, 15) is 14.4 Å². The van der Waals surface area contributed by atoms with Crippen LogP contribution in [0.2, 0.25) is 0 Å². The number of rotatable bonds is 7. The van der Waals surface area contributed by atoms with E-state index < -0.39 is 11.7 Å². The van der Waals surface area contributed by atoms with Gasteiger partial charge in [0.2, 0.25) is 5.91 Å². The quantitative estimate of drug-likeness (QED) is 0.659. The predicted octanol–water partition coefficient (Wildman–Crippen LogP) is 0.0450. The standard InChI is InChI=1S/C13H19N3O4/c1-3-7-15(10-12(18)20-4-2)11(17)9-16-8-5-6-14-13(16)19/h5-6,8H,3-4,7,9-10H2,1-2H3. The van der Waals surface area contributed by atoms with Crippen molar-refractivity contribution in [1.82, 2.24) is 14.5 Å². The third kappa shape index (κ3) is 4.83. The van der Waals surface area contributed by atoms with Gasteiger partial charge in [-0.25, -0.2) is 9.78 Å². The van der Waals surface area contributed by atoms with Crippen LogP contribution in [0.15, 0.2) is 23.3 Å². The first-order valence-corrected chi connectivity index (χ1v) is 6.53. The fourth-order valence-corrected chi connectivity index (χ4v) is 1.68. The van der Waals surface area contributed by atoms with Gasteiger partial charge in [-0.3, -0.25) is 14.2 Å². The van der Waals surface area contributed by atoms with E-state index in [4.69, 9.17) is 4.74 Å². The lowest BCUT2D eigenvalue weighted by Crippen LogP contribution is -2.40. The Hall–Kier alpha value is -2.18. The summed E-state index contributed by atoms with van der Waals surface area (Å²) in [4.78, 5) is 40.0. The lowest BCUT2D eigenvalue weighted by Gasteiger charge is -2.21. The number of aromatic nitrogens is 2. The Kier molecular flexibility index (Phi) is 6.42. The Balaban J connectivity index is 2.71. The second kappa shape index (κ2) is 8.08. The van der Waals surface area contributed by atoms with E-state index >= 15 is 0 Å². The molecule has 1 aromatic heterocycles. The highest BCUT2D eigenvalue weighted by Gasteiger charge is 2.17. The average Bonchev–Trinajstić information content (AvgIpc) is 2.41. The van der Waals surface area contributed by atoms with Crippen LogP contribution in [0.4, 0.5) is 0 Å². The SMILES string of the molecule is CCCN(CC(=O)OCC)C(=O)Cn1cccnc1=O. The zero-order chi connectivity index (χ0) is 15.0. The summed E-state index contributed by atoms with van der Waals surface area (Å²) in [5.41, 5.74) is -0.492. The molecule has 0 aliphatic carbocycles. The Morgan fingerprint density at radius 1 is 1.40 bits per heavy atom. The molecule has 0 atom stereocenters. The molecule has 0 radical (unpaired) electrons. The topological polar surface area (TPSA) is 81.5 Å². The Morgan fingerprint density at radius 2 is 2.15 bits per heavy atom. The van der Waals surface area contributed by atoms with Crippen LogP contribution in [0, 0.1) is 0 Å². The highest BCUT2D eigenvalue weighted by molar-refractivity contribution is 5.81. The maximum Gasteiger partial charge on any atom is 0.347 e. The minimum atomic E-state index is -0.492. The zero-order valence-electron chi connectivity index (χ0n) is 11.7. The Bertz CT molecular complexity index is 512. The molecular formula is C13H19N3O4. The van der Waals surface area contributed by atoms with Gasteiger partial charge >= 0.3 is 11.7 Å². The lowest BCUT2D eigenvalue weighted by atomic mass is 10.3. The smallest absolute Gasteiger partial charge is 0.347 e. The van der Waals surface area contributed by atoms with Gasteiger partial charge in [-0.2, -0.15) is 0 Å². The van der Waals surface area contributed by atoms with Crippen LogP contribution >= 0.6 is 0 Å². The number of hydrogen-bond acceptors (Lipinski definition) is 5. The van der Waals surface area contributed by atoms with Crippen molar-refractivity contribution < 1.29 is 14.3 Å². The van der Waals surface area contributed by atoms with Crippen molar-refractivity contribution in [1.29, 1.82) is 0 Å². The maximum atomic E-state index is 12.1. The normalized spacial score (nSPS) is 10.1. The first kappa shape index (κ1) is 15.9. The first-order chi connectivity index (χ1) is 9.58. The van der Waals surface area contributed by atoms with E-state index in [0.717, 1.165) is 0 Å². The van der Waals surface area contributed by atoms with Crippen LogP contribution in [-0.2, 0) is 20.9 Å². The molecule has 20 heavy (non-hydrogen) atoms. The number of amides is 1. The molecule has 0 saturated carbocycles. The van der Waals surface area contributed by atoms with Gasteiger partial charge in [0.1, 0.15) is 13.1 Å². The van der Waals surface area contributed by atoms with Crippen molar-refractivity contribution in [3.63, 3.8) is 0 Å². The Labute approximate surface area is 117 Å².